The Balaban J connectivity index is 4.96. The topological polar surface area (TPSA) is 141 Å². The highest BCUT2D eigenvalue weighted by Crippen LogP contribution is 2.00. The summed E-state index contributed by atoms with van der Waals surface area (Å²) in [7, 11) is -10.8. The molecule has 0 aromatic rings. The normalized spacial score (nSPS) is 12.5. The van der Waals surface area contributed by atoms with Crippen molar-refractivity contribution in [3.63, 3.8) is 0 Å². The lowest BCUT2D eigenvalue weighted by atomic mass is 11.3. The summed E-state index contributed by atoms with van der Waals surface area (Å²) in [4.78, 5) is 9.71. The van der Waals surface area contributed by atoms with Crippen molar-refractivity contribution in [1.29, 1.82) is 0 Å². The van der Waals surface area contributed by atoms with Crippen LogP contribution < -0.4 is 5.73 Å². The molecule has 0 aromatic heterocycles. The number of carbonyl (C=O) groups excluding carboxylic acids is 1. The highest BCUT2D eigenvalue weighted by molar-refractivity contribution is 8.63. The Labute approximate surface area is 61.2 Å². The summed E-state index contributed by atoms with van der Waals surface area (Å²) in [6, 6.07) is 0. The number of hydrogen-bond donors (Lipinski definition) is 2. The lowest BCUT2D eigenvalue weighted by Crippen LogP contribution is -2.24. The van der Waals surface area contributed by atoms with E-state index in [1.165, 1.54) is 0 Å². The fourth-order valence-corrected chi connectivity index (χ4v) is 0.890. The zero-order chi connectivity index (χ0) is 9.28. The van der Waals surface area contributed by atoms with E-state index in [1.807, 2.05) is 0 Å². The van der Waals surface area contributed by atoms with Gasteiger partial charge >= 0.3 is 24.4 Å². The van der Waals surface area contributed by atoms with Gasteiger partial charge in [-0.1, -0.05) is 0 Å². The molecule has 0 heterocycles. The molecule has 0 spiro atoms. The zero-order valence-corrected chi connectivity index (χ0v) is 6.42. The first-order valence-corrected chi connectivity index (χ1v) is 5.24. The first-order valence-electron chi connectivity index (χ1n) is 1.88. The molecule has 8 nitrogen and oxygen atoms in total. The molecule has 0 fully saturated rings. The minimum Gasteiger partial charge on any atom is -0.334 e. The molecule has 0 atom stereocenters. The maximum absolute atomic E-state index is 10.1. The van der Waals surface area contributed by atoms with E-state index in [1.54, 1.807) is 0 Å². The van der Waals surface area contributed by atoms with Crippen molar-refractivity contribution in [3.8, 4) is 0 Å². The first kappa shape index (κ1) is 10.1. The van der Waals surface area contributed by atoms with E-state index < -0.39 is 24.4 Å². The Morgan fingerprint density at radius 2 is 1.64 bits per heavy atom. The van der Waals surface area contributed by atoms with E-state index in [2.05, 4.69) is 9.92 Å². The second-order valence-electron chi connectivity index (χ2n) is 1.24. The van der Waals surface area contributed by atoms with Crippen molar-refractivity contribution in [2.24, 2.45) is 5.73 Å². The molecule has 0 bridgehead atoms. The van der Waals surface area contributed by atoms with Crippen LogP contribution in [0, 0.1) is 0 Å². The van der Waals surface area contributed by atoms with Crippen LogP contribution in [0.3, 0.4) is 0 Å². The summed E-state index contributed by atoms with van der Waals surface area (Å²) < 4.78 is 50.8. The van der Waals surface area contributed by atoms with Crippen LogP contribution in [0.2, 0.25) is 0 Å². The van der Waals surface area contributed by atoms with Gasteiger partial charge in [0.15, 0.2) is 0 Å². The van der Waals surface area contributed by atoms with Crippen molar-refractivity contribution >= 4 is 24.4 Å². The van der Waals surface area contributed by atoms with Crippen molar-refractivity contribution in [2.45, 2.75) is 0 Å². The SMILES string of the molecule is NC(=O)OS(=O)(=O)S(=O)(=O)O. The Morgan fingerprint density at radius 3 is 1.73 bits per heavy atom. The maximum atomic E-state index is 10.1. The zero-order valence-electron chi connectivity index (χ0n) is 4.79. The summed E-state index contributed by atoms with van der Waals surface area (Å²) in [5.41, 5.74) is 4.16. The Kier molecular flexibility index (Phi) is 2.43. The molecule has 1 amide bonds. The molecule has 0 aliphatic heterocycles. The van der Waals surface area contributed by atoms with Crippen LogP contribution in [0.1, 0.15) is 0 Å². The number of amides is 1. The first-order chi connectivity index (χ1) is 4.67. The molecular formula is CH3NO7S2. The van der Waals surface area contributed by atoms with Gasteiger partial charge in [-0.3, -0.25) is 4.55 Å². The van der Waals surface area contributed by atoms with Gasteiger partial charge < -0.3 is 9.92 Å². The summed E-state index contributed by atoms with van der Waals surface area (Å²) in [6.45, 7) is 0. The average Bonchev–Trinajstić information content (AvgIpc) is 1.56. The minimum atomic E-state index is -5.45. The molecule has 3 N–H and O–H groups in total. The molecule has 0 aliphatic carbocycles. The standard InChI is InChI=1S/CH3NO7S2/c2-1(3)9-11(7,8)10(4,5)6/h(H2,2,3)(H,4,5,6). The summed E-state index contributed by atoms with van der Waals surface area (Å²) >= 11 is 0. The average molecular weight is 205 g/mol. The highest BCUT2D eigenvalue weighted by Gasteiger charge is 2.31. The summed E-state index contributed by atoms with van der Waals surface area (Å²) in [5.74, 6) is 0. The van der Waals surface area contributed by atoms with Crippen molar-refractivity contribution in [3.05, 3.63) is 0 Å². The third-order valence-corrected chi connectivity index (χ3v) is 3.08. The van der Waals surface area contributed by atoms with E-state index in [0.29, 0.717) is 0 Å². The lowest BCUT2D eigenvalue weighted by Gasteiger charge is -1.96. The Hall–Kier alpha value is -0.870. The number of nitrogens with two attached hydrogens (primary N) is 1. The molecule has 0 unspecified atom stereocenters. The molecule has 11 heavy (non-hydrogen) atoms. The molecule has 0 saturated heterocycles. The third-order valence-electron chi connectivity index (χ3n) is 0.442. The third kappa shape index (κ3) is 2.69. The summed E-state index contributed by atoms with van der Waals surface area (Å²) in [5, 5.41) is 0. The molecule has 0 rings (SSSR count). The fourth-order valence-electron chi connectivity index (χ4n) is 0.144. The number of carbonyl (C=O) groups is 1. The minimum absolute atomic E-state index is 1.84. The van der Waals surface area contributed by atoms with Crippen molar-refractivity contribution in [1.82, 2.24) is 0 Å². The van der Waals surface area contributed by atoms with Gasteiger partial charge in [-0.15, -0.1) is 0 Å². The predicted octanol–water partition coefficient (Wildman–Crippen LogP) is -1.79. The van der Waals surface area contributed by atoms with Gasteiger partial charge in [0.2, 0.25) is 0 Å². The van der Waals surface area contributed by atoms with Gasteiger partial charge in [-0.05, 0) is 0 Å². The van der Waals surface area contributed by atoms with Gasteiger partial charge in [0.1, 0.15) is 0 Å². The predicted molar refractivity (Wildman–Crippen MR) is 31.1 cm³/mol. The molecular weight excluding hydrogens is 202 g/mol. The number of hydrogen-bond acceptors (Lipinski definition) is 6. The van der Waals surface area contributed by atoms with E-state index in [9.17, 15) is 21.6 Å². The van der Waals surface area contributed by atoms with Crippen LogP contribution >= 0.6 is 0 Å². The van der Waals surface area contributed by atoms with Gasteiger partial charge in [-0.2, -0.15) is 16.8 Å². The molecule has 0 aliphatic rings. The second-order valence-corrected chi connectivity index (χ2v) is 5.57. The maximum Gasteiger partial charge on any atom is 0.447 e. The van der Waals surface area contributed by atoms with E-state index >= 15 is 0 Å². The quantitative estimate of drug-likeness (QED) is 0.400. The molecule has 0 radical (unpaired) electrons. The van der Waals surface area contributed by atoms with Gasteiger partial charge in [0, 0.05) is 0 Å². The van der Waals surface area contributed by atoms with Gasteiger partial charge in [-0.25, -0.2) is 4.79 Å². The van der Waals surface area contributed by atoms with E-state index in [4.69, 9.17) is 4.55 Å². The van der Waals surface area contributed by atoms with Crippen LogP contribution in [-0.4, -0.2) is 27.5 Å². The number of rotatable bonds is 2. The molecule has 10 heteroatoms. The van der Waals surface area contributed by atoms with Gasteiger partial charge in [0.25, 0.3) is 0 Å². The van der Waals surface area contributed by atoms with E-state index in [-0.39, 0.29) is 0 Å². The molecule has 66 valence electrons. The lowest BCUT2D eigenvalue weighted by molar-refractivity contribution is 0.213. The largest absolute Gasteiger partial charge is 0.447 e. The molecule has 0 saturated carbocycles. The number of primary amides is 1. The van der Waals surface area contributed by atoms with E-state index in [0.717, 1.165) is 0 Å². The Bertz CT molecular complexity index is 346. The van der Waals surface area contributed by atoms with Crippen LogP contribution in [0.15, 0.2) is 0 Å². The summed E-state index contributed by atoms with van der Waals surface area (Å²) in [6.07, 6.45) is -1.84. The molecule has 0 aromatic carbocycles. The van der Waals surface area contributed by atoms with Crippen molar-refractivity contribution < 1.29 is 30.4 Å². The second kappa shape index (κ2) is 2.64. The van der Waals surface area contributed by atoms with Crippen LogP contribution in [-0.2, 0) is 22.5 Å². The van der Waals surface area contributed by atoms with Gasteiger partial charge in [0.05, 0.1) is 0 Å². The van der Waals surface area contributed by atoms with Crippen LogP contribution in [0.25, 0.3) is 0 Å². The fraction of sp³-hybridized carbons (Fsp3) is 0. The monoisotopic (exact) mass is 205 g/mol. The highest BCUT2D eigenvalue weighted by atomic mass is 33.2. The van der Waals surface area contributed by atoms with Crippen LogP contribution in [0.4, 0.5) is 4.79 Å². The Morgan fingerprint density at radius 1 is 1.27 bits per heavy atom. The van der Waals surface area contributed by atoms with Crippen molar-refractivity contribution in [2.75, 3.05) is 0 Å². The van der Waals surface area contributed by atoms with Crippen LogP contribution in [0.5, 0.6) is 0 Å². The smallest absolute Gasteiger partial charge is 0.334 e.